The number of aromatic nitrogens is 2. The predicted molar refractivity (Wildman–Crippen MR) is 76.7 cm³/mol. The molecule has 19 heavy (non-hydrogen) atoms. The molecule has 0 amide bonds. The van der Waals surface area contributed by atoms with E-state index in [2.05, 4.69) is 15.6 Å². The van der Waals surface area contributed by atoms with E-state index in [1.165, 1.54) is 0 Å². The lowest BCUT2D eigenvalue weighted by molar-refractivity contribution is 0.544. The van der Waals surface area contributed by atoms with Gasteiger partial charge in [0.15, 0.2) is 0 Å². The average molecular weight is 277 g/mol. The summed E-state index contributed by atoms with van der Waals surface area (Å²) in [5, 5.41) is 8.92. The number of aryl methyl sites for hydroxylation is 2. The predicted octanol–water partition coefficient (Wildman–Crippen LogP) is 2.49. The van der Waals surface area contributed by atoms with Crippen molar-refractivity contribution in [1.82, 2.24) is 15.6 Å². The highest BCUT2D eigenvalue weighted by molar-refractivity contribution is 6.31. The molecule has 2 aromatic rings. The zero-order valence-electron chi connectivity index (χ0n) is 11.0. The van der Waals surface area contributed by atoms with Crippen molar-refractivity contribution in [2.45, 2.75) is 26.3 Å². The topological polar surface area (TPSA) is 63.8 Å². The molecule has 0 fully saturated rings. The second-order valence-corrected chi connectivity index (χ2v) is 4.95. The molecule has 4 nitrogen and oxygen atoms in total. The molecule has 0 radical (unpaired) electrons. The van der Waals surface area contributed by atoms with E-state index in [0.717, 1.165) is 27.5 Å². The standard InChI is InChI=1S/C14H17ClN4/c1-9-7-12(10(2)19-18-9)14(17-16)8-11-5-3-4-6-13(11)15/h3-7,14,17H,8,16H2,1-2H3. The van der Waals surface area contributed by atoms with Gasteiger partial charge < -0.3 is 0 Å². The third kappa shape index (κ3) is 3.29. The van der Waals surface area contributed by atoms with Crippen LogP contribution in [0.4, 0.5) is 0 Å². The van der Waals surface area contributed by atoms with E-state index in [9.17, 15) is 0 Å². The van der Waals surface area contributed by atoms with Gasteiger partial charge in [0, 0.05) is 5.02 Å². The molecular formula is C14H17ClN4. The van der Waals surface area contributed by atoms with E-state index >= 15 is 0 Å². The van der Waals surface area contributed by atoms with Gasteiger partial charge in [-0.05, 0) is 43.5 Å². The number of hydrogen-bond acceptors (Lipinski definition) is 4. The minimum absolute atomic E-state index is 0.0332. The lowest BCUT2D eigenvalue weighted by atomic mass is 9.98. The third-order valence-corrected chi connectivity index (χ3v) is 3.47. The van der Waals surface area contributed by atoms with Gasteiger partial charge in [-0.15, -0.1) is 0 Å². The van der Waals surface area contributed by atoms with Crippen LogP contribution in [0.3, 0.4) is 0 Å². The second-order valence-electron chi connectivity index (χ2n) is 4.54. The molecule has 2 rings (SSSR count). The zero-order chi connectivity index (χ0) is 13.8. The Labute approximate surface area is 118 Å². The molecule has 0 aliphatic rings. The van der Waals surface area contributed by atoms with Crippen LogP contribution in [0.5, 0.6) is 0 Å². The highest BCUT2D eigenvalue weighted by atomic mass is 35.5. The van der Waals surface area contributed by atoms with Crippen LogP contribution in [0.1, 0.15) is 28.6 Å². The van der Waals surface area contributed by atoms with Gasteiger partial charge in [-0.3, -0.25) is 11.3 Å². The van der Waals surface area contributed by atoms with Crippen molar-refractivity contribution >= 4 is 11.6 Å². The average Bonchev–Trinajstić information content (AvgIpc) is 2.41. The van der Waals surface area contributed by atoms with Gasteiger partial charge in [-0.25, -0.2) is 0 Å². The van der Waals surface area contributed by atoms with Crippen molar-refractivity contribution < 1.29 is 0 Å². The Morgan fingerprint density at radius 3 is 2.68 bits per heavy atom. The molecule has 0 saturated carbocycles. The van der Waals surface area contributed by atoms with Gasteiger partial charge in [0.2, 0.25) is 0 Å². The maximum absolute atomic E-state index is 6.19. The van der Waals surface area contributed by atoms with E-state index in [0.29, 0.717) is 6.42 Å². The van der Waals surface area contributed by atoms with Gasteiger partial charge in [0.1, 0.15) is 0 Å². The molecule has 0 spiro atoms. The zero-order valence-corrected chi connectivity index (χ0v) is 11.8. The first-order valence-corrected chi connectivity index (χ1v) is 6.50. The van der Waals surface area contributed by atoms with Crippen LogP contribution in [0.25, 0.3) is 0 Å². The number of nitrogens with two attached hydrogens (primary N) is 1. The summed E-state index contributed by atoms with van der Waals surface area (Å²) in [4.78, 5) is 0. The van der Waals surface area contributed by atoms with Crippen molar-refractivity contribution in [3.63, 3.8) is 0 Å². The van der Waals surface area contributed by atoms with Crippen molar-refractivity contribution in [2.75, 3.05) is 0 Å². The SMILES string of the molecule is Cc1cc(C(Cc2ccccc2Cl)NN)c(C)nn1. The van der Waals surface area contributed by atoms with Gasteiger partial charge in [-0.2, -0.15) is 10.2 Å². The summed E-state index contributed by atoms with van der Waals surface area (Å²) in [6.45, 7) is 3.84. The first-order valence-electron chi connectivity index (χ1n) is 6.12. The number of hydrazine groups is 1. The quantitative estimate of drug-likeness (QED) is 0.665. The molecule has 0 bridgehead atoms. The minimum Gasteiger partial charge on any atom is -0.271 e. The number of nitrogens with one attached hydrogen (secondary N) is 1. The van der Waals surface area contributed by atoms with Gasteiger partial charge in [-0.1, -0.05) is 29.8 Å². The monoisotopic (exact) mass is 276 g/mol. The number of rotatable bonds is 4. The van der Waals surface area contributed by atoms with Crippen molar-refractivity contribution in [3.8, 4) is 0 Å². The van der Waals surface area contributed by atoms with E-state index in [-0.39, 0.29) is 6.04 Å². The van der Waals surface area contributed by atoms with E-state index in [1.54, 1.807) is 0 Å². The van der Waals surface area contributed by atoms with Crippen LogP contribution >= 0.6 is 11.6 Å². The summed E-state index contributed by atoms with van der Waals surface area (Å²) >= 11 is 6.19. The smallest absolute Gasteiger partial charge is 0.0648 e. The Bertz CT molecular complexity index is 571. The van der Waals surface area contributed by atoms with Crippen LogP contribution in [0.15, 0.2) is 30.3 Å². The first-order chi connectivity index (χ1) is 9.11. The molecule has 100 valence electrons. The summed E-state index contributed by atoms with van der Waals surface area (Å²) in [7, 11) is 0. The molecule has 1 aromatic heterocycles. The second kappa shape index (κ2) is 6.10. The number of benzene rings is 1. The fraction of sp³-hybridized carbons (Fsp3) is 0.286. The minimum atomic E-state index is -0.0332. The van der Waals surface area contributed by atoms with Crippen molar-refractivity contribution in [1.29, 1.82) is 0 Å². The third-order valence-electron chi connectivity index (χ3n) is 3.10. The highest BCUT2D eigenvalue weighted by Gasteiger charge is 2.15. The van der Waals surface area contributed by atoms with Crippen LogP contribution < -0.4 is 11.3 Å². The van der Waals surface area contributed by atoms with Gasteiger partial charge >= 0.3 is 0 Å². The molecule has 5 heteroatoms. The fourth-order valence-electron chi connectivity index (χ4n) is 2.07. The molecule has 0 aliphatic heterocycles. The maximum atomic E-state index is 6.19. The Balaban J connectivity index is 2.30. The molecule has 1 atom stereocenters. The van der Waals surface area contributed by atoms with Gasteiger partial charge in [0.25, 0.3) is 0 Å². The largest absolute Gasteiger partial charge is 0.271 e. The summed E-state index contributed by atoms with van der Waals surface area (Å²) in [6, 6.07) is 9.74. The van der Waals surface area contributed by atoms with Crippen LogP contribution in [-0.2, 0) is 6.42 Å². The fourth-order valence-corrected chi connectivity index (χ4v) is 2.28. The maximum Gasteiger partial charge on any atom is 0.0648 e. The van der Waals surface area contributed by atoms with Crippen LogP contribution in [-0.4, -0.2) is 10.2 Å². The molecule has 3 N–H and O–H groups in total. The molecule has 1 unspecified atom stereocenters. The Morgan fingerprint density at radius 2 is 2.00 bits per heavy atom. The molecule has 1 aromatic carbocycles. The van der Waals surface area contributed by atoms with Crippen LogP contribution in [0.2, 0.25) is 5.02 Å². The number of hydrogen-bond donors (Lipinski definition) is 2. The van der Waals surface area contributed by atoms with E-state index in [4.69, 9.17) is 17.4 Å². The molecule has 0 saturated heterocycles. The van der Waals surface area contributed by atoms with Gasteiger partial charge in [0.05, 0.1) is 17.4 Å². The Kier molecular flexibility index (Phi) is 4.47. The summed E-state index contributed by atoms with van der Waals surface area (Å²) < 4.78 is 0. The molecule has 1 heterocycles. The Hall–Kier alpha value is -1.49. The van der Waals surface area contributed by atoms with Crippen molar-refractivity contribution in [2.24, 2.45) is 5.84 Å². The highest BCUT2D eigenvalue weighted by Crippen LogP contribution is 2.24. The lowest BCUT2D eigenvalue weighted by Crippen LogP contribution is -2.30. The first kappa shape index (κ1) is 13.9. The van der Waals surface area contributed by atoms with E-state index < -0.39 is 0 Å². The number of nitrogens with zero attached hydrogens (tertiary/aromatic N) is 2. The van der Waals surface area contributed by atoms with Crippen molar-refractivity contribution in [3.05, 3.63) is 57.9 Å². The Morgan fingerprint density at radius 1 is 1.26 bits per heavy atom. The van der Waals surface area contributed by atoms with E-state index in [1.807, 2.05) is 44.2 Å². The van der Waals surface area contributed by atoms with Crippen LogP contribution in [0, 0.1) is 13.8 Å². The summed E-state index contributed by atoms with van der Waals surface area (Å²) in [5.74, 6) is 5.68. The summed E-state index contributed by atoms with van der Waals surface area (Å²) in [5.41, 5.74) is 6.69. The lowest BCUT2D eigenvalue weighted by Gasteiger charge is -2.18. The molecule has 0 aliphatic carbocycles. The summed E-state index contributed by atoms with van der Waals surface area (Å²) in [6.07, 6.45) is 0.710. The molecular weight excluding hydrogens is 260 g/mol. The number of halogens is 1. The normalized spacial score (nSPS) is 12.4.